The summed E-state index contributed by atoms with van der Waals surface area (Å²) in [4.78, 5) is 45.6. The van der Waals surface area contributed by atoms with E-state index >= 15 is 0 Å². The lowest BCUT2D eigenvalue weighted by molar-refractivity contribution is -0.141. The summed E-state index contributed by atoms with van der Waals surface area (Å²) in [5.41, 5.74) is 0. The molecule has 3 amide bonds. The van der Waals surface area contributed by atoms with Crippen molar-refractivity contribution < 1.29 is 23.9 Å². The Bertz CT molecular complexity index is 428. The van der Waals surface area contributed by atoms with E-state index in [0.29, 0.717) is 12.2 Å². The van der Waals surface area contributed by atoms with E-state index in [-0.39, 0.29) is 13.1 Å². The van der Waals surface area contributed by atoms with Gasteiger partial charge < -0.3 is 20.7 Å². The molecule has 0 aliphatic heterocycles. The number of thioether (sulfide) groups is 1. The smallest absolute Gasteiger partial charge is 0.325 e. The number of hydrogen-bond donors (Lipinski definition) is 3. The first-order valence-corrected chi connectivity index (χ1v) is 7.87. The minimum absolute atomic E-state index is 0.259. The highest BCUT2D eigenvalue weighted by Crippen LogP contribution is 2.01. The third-order valence-corrected chi connectivity index (χ3v) is 3.15. The monoisotopic (exact) mass is 331 g/mol. The summed E-state index contributed by atoms with van der Waals surface area (Å²) >= 11 is 1.52. The fraction of sp³-hybridized carbons (Fsp3) is 0.538. The van der Waals surface area contributed by atoms with Gasteiger partial charge in [-0.2, -0.15) is 11.8 Å². The summed E-state index contributed by atoms with van der Waals surface area (Å²) in [6.07, 6.45) is 3.31. The van der Waals surface area contributed by atoms with Crippen LogP contribution in [0.4, 0.5) is 0 Å². The maximum Gasteiger partial charge on any atom is 0.325 e. The zero-order valence-electron chi connectivity index (χ0n) is 12.6. The molecule has 0 heterocycles. The Kier molecular flexibility index (Phi) is 10.5. The molecular formula is C13H21N3O5S. The Labute approximate surface area is 133 Å². The van der Waals surface area contributed by atoms with Gasteiger partial charge in [-0.05, 0) is 24.5 Å². The van der Waals surface area contributed by atoms with E-state index < -0.39 is 29.7 Å². The summed E-state index contributed by atoms with van der Waals surface area (Å²) in [5, 5.41) is 7.20. The van der Waals surface area contributed by atoms with E-state index in [0.717, 1.165) is 6.08 Å². The van der Waals surface area contributed by atoms with Crippen LogP contribution in [0.2, 0.25) is 0 Å². The number of methoxy groups -OCH3 is 1. The summed E-state index contributed by atoms with van der Waals surface area (Å²) in [7, 11) is 1.21. The third kappa shape index (κ3) is 9.01. The number of rotatable bonds is 10. The minimum Gasteiger partial charge on any atom is -0.468 e. The molecule has 0 fully saturated rings. The van der Waals surface area contributed by atoms with Gasteiger partial charge in [-0.3, -0.25) is 19.2 Å². The molecule has 0 saturated carbocycles. The number of esters is 1. The molecule has 9 heteroatoms. The fourth-order valence-electron chi connectivity index (χ4n) is 1.34. The topological polar surface area (TPSA) is 114 Å². The average Bonchev–Trinajstić information content (AvgIpc) is 2.53. The Hall–Kier alpha value is -2.03. The maximum atomic E-state index is 12.0. The second kappa shape index (κ2) is 11.6. The number of carbonyl (C=O) groups excluding carboxylic acids is 4. The predicted molar refractivity (Wildman–Crippen MR) is 83.2 cm³/mol. The first-order valence-electron chi connectivity index (χ1n) is 6.47. The van der Waals surface area contributed by atoms with Crippen LogP contribution in [0, 0.1) is 0 Å². The van der Waals surface area contributed by atoms with Crippen molar-refractivity contribution >= 4 is 35.5 Å². The van der Waals surface area contributed by atoms with Gasteiger partial charge in [0.15, 0.2) is 0 Å². The molecule has 0 aromatic rings. The lowest BCUT2D eigenvalue weighted by Gasteiger charge is -2.18. The van der Waals surface area contributed by atoms with Crippen molar-refractivity contribution in [2.75, 3.05) is 32.2 Å². The summed E-state index contributed by atoms with van der Waals surface area (Å²) in [5.74, 6) is -1.40. The van der Waals surface area contributed by atoms with Gasteiger partial charge in [0, 0.05) is 0 Å². The van der Waals surface area contributed by atoms with E-state index in [1.807, 2.05) is 6.26 Å². The minimum atomic E-state index is -0.787. The van der Waals surface area contributed by atoms with Crippen molar-refractivity contribution in [2.24, 2.45) is 0 Å². The highest BCUT2D eigenvalue weighted by atomic mass is 32.2. The Morgan fingerprint density at radius 1 is 1.23 bits per heavy atom. The number of nitrogens with one attached hydrogen (secondary N) is 3. The SMILES string of the molecule is C=CC(=O)NCC(=O)N[C@@H](CCSC)C(=O)NCC(=O)OC. The summed E-state index contributed by atoms with van der Waals surface area (Å²) in [6, 6.07) is -0.787. The lowest BCUT2D eigenvalue weighted by atomic mass is 10.2. The summed E-state index contributed by atoms with van der Waals surface area (Å²) in [6.45, 7) is 2.73. The van der Waals surface area contributed by atoms with E-state index in [2.05, 4.69) is 27.3 Å². The van der Waals surface area contributed by atoms with Crippen LogP contribution >= 0.6 is 11.8 Å². The van der Waals surface area contributed by atoms with Crippen molar-refractivity contribution in [2.45, 2.75) is 12.5 Å². The second-order valence-electron chi connectivity index (χ2n) is 4.12. The van der Waals surface area contributed by atoms with Crippen molar-refractivity contribution in [1.82, 2.24) is 16.0 Å². The third-order valence-electron chi connectivity index (χ3n) is 2.51. The van der Waals surface area contributed by atoms with Gasteiger partial charge in [-0.15, -0.1) is 0 Å². The van der Waals surface area contributed by atoms with Crippen LogP contribution in [0.1, 0.15) is 6.42 Å². The van der Waals surface area contributed by atoms with Crippen LogP contribution in [0.15, 0.2) is 12.7 Å². The number of hydrogen-bond acceptors (Lipinski definition) is 6. The molecule has 0 bridgehead atoms. The van der Waals surface area contributed by atoms with Gasteiger partial charge in [0.05, 0.1) is 13.7 Å². The summed E-state index contributed by atoms with van der Waals surface area (Å²) < 4.78 is 4.42. The molecule has 0 radical (unpaired) electrons. The second-order valence-corrected chi connectivity index (χ2v) is 5.10. The van der Waals surface area contributed by atoms with Crippen molar-refractivity contribution in [3.63, 3.8) is 0 Å². The molecular weight excluding hydrogens is 310 g/mol. The first-order chi connectivity index (χ1) is 10.4. The van der Waals surface area contributed by atoms with Crippen LogP contribution in [-0.4, -0.2) is 61.9 Å². The molecule has 0 spiro atoms. The number of carbonyl (C=O) groups is 4. The Morgan fingerprint density at radius 3 is 2.45 bits per heavy atom. The van der Waals surface area contributed by atoms with Gasteiger partial charge in [-0.1, -0.05) is 6.58 Å². The van der Waals surface area contributed by atoms with E-state index in [1.165, 1.54) is 18.9 Å². The van der Waals surface area contributed by atoms with E-state index in [4.69, 9.17) is 0 Å². The zero-order chi connectivity index (χ0) is 17.0. The lowest BCUT2D eigenvalue weighted by Crippen LogP contribution is -2.50. The molecule has 0 aliphatic rings. The van der Waals surface area contributed by atoms with Crippen LogP contribution < -0.4 is 16.0 Å². The van der Waals surface area contributed by atoms with Crippen molar-refractivity contribution in [1.29, 1.82) is 0 Å². The largest absolute Gasteiger partial charge is 0.468 e. The maximum absolute atomic E-state index is 12.0. The Balaban J connectivity index is 4.45. The molecule has 0 unspecified atom stereocenters. The van der Waals surface area contributed by atoms with Crippen molar-refractivity contribution in [3.05, 3.63) is 12.7 Å². The predicted octanol–water partition coefficient (Wildman–Crippen LogP) is -1.18. The fourth-order valence-corrected chi connectivity index (χ4v) is 1.82. The zero-order valence-corrected chi connectivity index (χ0v) is 13.5. The molecule has 22 heavy (non-hydrogen) atoms. The molecule has 124 valence electrons. The first kappa shape index (κ1) is 20.0. The molecule has 0 rings (SSSR count). The highest BCUT2D eigenvalue weighted by Gasteiger charge is 2.21. The van der Waals surface area contributed by atoms with Crippen LogP contribution in [-0.2, 0) is 23.9 Å². The normalized spacial score (nSPS) is 11.0. The van der Waals surface area contributed by atoms with Crippen LogP contribution in [0.5, 0.6) is 0 Å². The van der Waals surface area contributed by atoms with Gasteiger partial charge in [-0.25, -0.2) is 0 Å². The molecule has 0 aliphatic carbocycles. The highest BCUT2D eigenvalue weighted by molar-refractivity contribution is 7.98. The Morgan fingerprint density at radius 2 is 1.91 bits per heavy atom. The van der Waals surface area contributed by atoms with E-state index in [9.17, 15) is 19.2 Å². The molecule has 1 atom stereocenters. The molecule has 0 aromatic carbocycles. The molecule has 3 N–H and O–H groups in total. The van der Waals surface area contributed by atoms with Crippen LogP contribution in [0.3, 0.4) is 0 Å². The standard InChI is InChI=1S/C13H21N3O5S/c1-4-10(17)14-7-11(18)16-9(5-6-22-3)13(20)15-8-12(19)21-2/h4,9H,1,5-8H2,2-3H3,(H,14,17)(H,15,20)(H,16,18)/t9-/m0/s1. The van der Waals surface area contributed by atoms with E-state index in [1.54, 1.807) is 0 Å². The molecule has 0 aromatic heterocycles. The number of ether oxygens (including phenoxy) is 1. The average molecular weight is 331 g/mol. The van der Waals surface area contributed by atoms with Gasteiger partial charge in [0.25, 0.3) is 0 Å². The van der Waals surface area contributed by atoms with Gasteiger partial charge >= 0.3 is 5.97 Å². The quantitative estimate of drug-likeness (QED) is 0.343. The van der Waals surface area contributed by atoms with Crippen molar-refractivity contribution in [3.8, 4) is 0 Å². The molecule has 0 saturated heterocycles. The van der Waals surface area contributed by atoms with Crippen LogP contribution in [0.25, 0.3) is 0 Å². The number of amides is 3. The van der Waals surface area contributed by atoms with Gasteiger partial charge in [0.1, 0.15) is 12.6 Å². The van der Waals surface area contributed by atoms with Gasteiger partial charge in [0.2, 0.25) is 17.7 Å². The molecule has 8 nitrogen and oxygen atoms in total.